The molecule has 2 amide bonds. The molecule has 1 saturated carbocycles. The van der Waals surface area contributed by atoms with Crippen LogP contribution < -0.4 is 9.64 Å². The average Bonchev–Trinajstić information content (AvgIpc) is 3.39. The van der Waals surface area contributed by atoms with Gasteiger partial charge in [0, 0.05) is 23.0 Å². The number of alkyl halides is 3. The van der Waals surface area contributed by atoms with Crippen molar-refractivity contribution in [1.29, 1.82) is 0 Å². The number of nitrogens with zero attached hydrogens (tertiary/aromatic N) is 1. The zero-order valence-electron chi connectivity index (χ0n) is 26.9. The second-order valence-electron chi connectivity index (χ2n) is 13.4. The lowest BCUT2D eigenvalue weighted by atomic mass is 9.44. The van der Waals surface area contributed by atoms with E-state index in [4.69, 9.17) is 0 Å². The number of anilines is 1. The first-order valence-corrected chi connectivity index (χ1v) is 16.6. The van der Waals surface area contributed by atoms with Crippen molar-refractivity contribution in [2.75, 3.05) is 4.90 Å². The van der Waals surface area contributed by atoms with Gasteiger partial charge in [-0.25, -0.2) is 0 Å². The summed E-state index contributed by atoms with van der Waals surface area (Å²) in [4.78, 5) is 59.5. The molecule has 4 aromatic rings. The number of amides is 2. The van der Waals surface area contributed by atoms with Crippen molar-refractivity contribution in [1.82, 2.24) is 0 Å². The fraction of sp³-hybridized carbons (Fsp3) is 0.220. The average molecular weight is 690 g/mol. The molecule has 51 heavy (non-hydrogen) atoms. The number of carbonyl (C=O) groups excluding carboxylic acids is 4. The SMILES string of the molecule is O=C1C(c2ccccc2)=CC(=O)C2(c3ccccc3)C1CC1C(=CCC3C(=O)N(c4ccccc4)C(=O)C31)C2c1cc(OC(F)(F)F)ccc1O. The molecule has 0 spiro atoms. The topological polar surface area (TPSA) is 101 Å². The Morgan fingerprint density at radius 2 is 1.43 bits per heavy atom. The molecule has 0 aromatic heterocycles. The fourth-order valence-corrected chi connectivity index (χ4v) is 9.01. The number of benzene rings is 4. The van der Waals surface area contributed by atoms with E-state index in [1.54, 1.807) is 97.1 Å². The Kier molecular flexibility index (Phi) is 7.59. The number of hydrogen-bond acceptors (Lipinski definition) is 6. The highest BCUT2D eigenvalue weighted by Crippen LogP contribution is 2.64. The first kappa shape index (κ1) is 32.4. The van der Waals surface area contributed by atoms with Crippen LogP contribution in [0, 0.1) is 23.7 Å². The van der Waals surface area contributed by atoms with Crippen molar-refractivity contribution in [3.05, 3.63) is 144 Å². The second kappa shape index (κ2) is 11.9. The van der Waals surface area contributed by atoms with Gasteiger partial charge >= 0.3 is 6.36 Å². The number of ether oxygens (including phenoxy) is 1. The number of fused-ring (bicyclic) bond motifs is 4. The standard InChI is InChI=1S/C41H30F3NO6/c42-41(43,44)51-26-16-19-33(46)31(20-26)36-27-17-18-28-35(39(50)45(38(28)49)25-14-8-3-9-15-25)30(27)21-32-37(48)29(23-10-4-1-5-11-23)22-34(47)40(32,36)24-12-6-2-7-13-24/h1-17,19-20,22,28,30,32,35-36,46H,18,21H2. The number of carbonyl (C=O) groups is 4. The van der Waals surface area contributed by atoms with E-state index in [2.05, 4.69) is 4.74 Å². The lowest BCUT2D eigenvalue weighted by Gasteiger charge is -2.55. The molecule has 1 heterocycles. The van der Waals surface area contributed by atoms with Crippen molar-refractivity contribution < 1.29 is 42.2 Å². The fourth-order valence-electron chi connectivity index (χ4n) is 9.01. The number of ketones is 2. The van der Waals surface area contributed by atoms with Crippen molar-refractivity contribution in [2.45, 2.75) is 30.5 Å². The van der Waals surface area contributed by atoms with Gasteiger partial charge in [-0.1, -0.05) is 90.5 Å². The summed E-state index contributed by atoms with van der Waals surface area (Å²) in [5.41, 5.74) is 0.243. The minimum atomic E-state index is -5.05. The molecule has 6 unspecified atom stereocenters. The van der Waals surface area contributed by atoms with Crippen LogP contribution in [0.2, 0.25) is 0 Å². The smallest absolute Gasteiger partial charge is 0.508 e. The summed E-state index contributed by atoms with van der Waals surface area (Å²) in [7, 11) is 0. The molecule has 3 aliphatic carbocycles. The van der Waals surface area contributed by atoms with Crippen molar-refractivity contribution in [3.63, 3.8) is 0 Å². The van der Waals surface area contributed by atoms with Gasteiger partial charge in [-0.05, 0) is 66.3 Å². The van der Waals surface area contributed by atoms with Crippen LogP contribution in [0.25, 0.3) is 5.57 Å². The molecule has 256 valence electrons. The maximum Gasteiger partial charge on any atom is 0.573 e. The molecule has 7 nitrogen and oxygen atoms in total. The lowest BCUT2D eigenvalue weighted by Crippen LogP contribution is -2.58. The molecule has 8 rings (SSSR count). The van der Waals surface area contributed by atoms with E-state index in [1.165, 1.54) is 11.0 Å². The maximum atomic E-state index is 15.1. The van der Waals surface area contributed by atoms with Crippen molar-refractivity contribution in [3.8, 4) is 11.5 Å². The number of halogens is 3. The number of phenolic OH excluding ortho intramolecular Hbond substituents is 1. The Bertz CT molecular complexity index is 2150. The Balaban J connectivity index is 1.38. The van der Waals surface area contributed by atoms with Crippen LogP contribution in [0.4, 0.5) is 18.9 Å². The van der Waals surface area contributed by atoms with Crippen LogP contribution in [0.3, 0.4) is 0 Å². The number of para-hydroxylation sites is 1. The normalized spacial score (nSPS) is 27.3. The van der Waals surface area contributed by atoms with Gasteiger partial charge in [0.15, 0.2) is 11.6 Å². The third-order valence-corrected chi connectivity index (χ3v) is 10.9. The number of Topliss-reactive ketones (excluding diaryl/α,β-unsaturated/α-hetero) is 1. The second-order valence-corrected chi connectivity index (χ2v) is 13.4. The maximum absolute atomic E-state index is 15.1. The van der Waals surface area contributed by atoms with Gasteiger partial charge in [0.2, 0.25) is 11.8 Å². The van der Waals surface area contributed by atoms with Crippen LogP contribution in [0.5, 0.6) is 11.5 Å². The summed E-state index contributed by atoms with van der Waals surface area (Å²) in [5, 5.41) is 11.5. The summed E-state index contributed by atoms with van der Waals surface area (Å²) in [6.07, 6.45) is -1.85. The summed E-state index contributed by atoms with van der Waals surface area (Å²) >= 11 is 0. The van der Waals surface area contributed by atoms with Gasteiger partial charge in [0.25, 0.3) is 0 Å². The molecule has 2 fully saturated rings. The van der Waals surface area contributed by atoms with Gasteiger partial charge < -0.3 is 9.84 Å². The minimum absolute atomic E-state index is 0.00823. The largest absolute Gasteiger partial charge is 0.573 e. The number of phenols is 1. The zero-order valence-corrected chi connectivity index (χ0v) is 26.9. The van der Waals surface area contributed by atoms with E-state index >= 15 is 4.79 Å². The molecule has 0 bridgehead atoms. The van der Waals surface area contributed by atoms with Crippen LogP contribution in [0.1, 0.15) is 35.4 Å². The Hall–Kier alpha value is -5.77. The third kappa shape index (κ3) is 5.03. The first-order valence-electron chi connectivity index (χ1n) is 16.6. The molecule has 1 saturated heterocycles. The van der Waals surface area contributed by atoms with E-state index in [-0.39, 0.29) is 35.7 Å². The van der Waals surface area contributed by atoms with E-state index in [0.717, 1.165) is 18.2 Å². The molecule has 4 aromatic carbocycles. The number of aromatic hydroxyl groups is 1. The Morgan fingerprint density at radius 1 is 0.784 bits per heavy atom. The van der Waals surface area contributed by atoms with Crippen molar-refractivity contribution in [2.24, 2.45) is 23.7 Å². The van der Waals surface area contributed by atoms with E-state index < -0.39 is 64.6 Å². The highest BCUT2D eigenvalue weighted by molar-refractivity contribution is 6.32. The molecule has 0 radical (unpaired) electrons. The molecule has 6 atom stereocenters. The number of imide groups is 1. The Labute approximate surface area is 290 Å². The summed E-state index contributed by atoms with van der Waals surface area (Å²) in [5.74, 6) is -7.50. The number of hydrogen-bond donors (Lipinski definition) is 1. The van der Waals surface area contributed by atoms with E-state index in [0.29, 0.717) is 22.4 Å². The molecule has 1 aliphatic heterocycles. The molecule has 4 aliphatic rings. The highest BCUT2D eigenvalue weighted by Gasteiger charge is 2.66. The van der Waals surface area contributed by atoms with E-state index in [9.17, 15) is 32.7 Å². The quantitative estimate of drug-likeness (QED) is 0.174. The van der Waals surface area contributed by atoms with Crippen LogP contribution in [-0.4, -0.2) is 34.8 Å². The molecular formula is C41H30F3NO6. The minimum Gasteiger partial charge on any atom is -0.508 e. The monoisotopic (exact) mass is 689 g/mol. The zero-order chi connectivity index (χ0) is 35.7. The first-order chi connectivity index (χ1) is 24.5. The predicted octanol–water partition coefficient (Wildman–Crippen LogP) is 7.32. The molecular weight excluding hydrogens is 659 g/mol. The number of rotatable bonds is 5. The van der Waals surface area contributed by atoms with Gasteiger partial charge in [0.05, 0.1) is 22.9 Å². The van der Waals surface area contributed by atoms with Gasteiger partial charge in [0.1, 0.15) is 11.5 Å². The third-order valence-electron chi connectivity index (χ3n) is 10.9. The lowest BCUT2D eigenvalue weighted by molar-refractivity contribution is -0.274. The van der Waals surface area contributed by atoms with Gasteiger partial charge in [-0.15, -0.1) is 13.2 Å². The Morgan fingerprint density at radius 3 is 2.10 bits per heavy atom. The van der Waals surface area contributed by atoms with Crippen molar-refractivity contribution >= 4 is 34.6 Å². The molecule has 1 N–H and O–H groups in total. The van der Waals surface area contributed by atoms with Gasteiger partial charge in [-0.3, -0.25) is 24.1 Å². The van der Waals surface area contributed by atoms with Crippen LogP contribution >= 0.6 is 0 Å². The summed E-state index contributed by atoms with van der Waals surface area (Å²) in [6, 6.07) is 28.9. The van der Waals surface area contributed by atoms with E-state index in [1.807, 2.05) is 0 Å². The summed E-state index contributed by atoms with van der Waals surface area (Å²) in [6.45, 7) is 0. The highest BCUT2D eigenvalue weighted by atomic mass is 19.4. The van der Waals surface area contributed by atoms with Gasteiger partial charge in [-0.2, -0.15) is 0 Å². The van der Waals surface area contributed by atoms with Crippen LogP contribution in [-0.2, 0) is 24.6 Å². The molecule has 10 heteroatoms. The van der Waals surface area contributed by atoms with Crippen LogP contribution in [0.15, 0.2) is 127 Å². The predicted molar refractivity (Wildman–Crippen MR) is 180 cm³/mol. The number of allylic oxidation sites excluding steroid dienone is 4. The summed E-state index contributed by atoms with van der Waals surface area (Å²) < 4.78 is 44.9.